The summed E-state index contributed by atoms with van der Waals surface area (Å²) in [4.78, 5) is 14.7. The standard InChI is InChI=1S/C35H37F2N3O5S/c36-35(37,26-7-6-12-30(23-26)44-28-8-2-1-3-9-28)33(34(41)40-19-17-27(38)18-20-40)39-46(42,43)32-16-14-24-21-31(15-13-25(24)22-32)45-29-10-4-5-11-29/h1-3,6-9,12-16,21-23,27,29,33,39H,4-5,10-11,17-20,38H2. The Morgan fingerprint density at radius 3 is 2.24 bits per heavy atom. The van der Waals surface area contributed by atoms with E-state index in [1.165, 1.54) is 29.2 Å². The van der Waals surface area contributed by atoms with Crippen LogP contribution in [-0.4, -0.2) is 50.5 Å². The highest BCUT2D eigenvalue weighted by atomic mass is 32.2. The lowest BCUT2D eigenvalue weighted by atomic mass is 9.98. The summed E-state index contributed by atoms with van der Waals surface area (Å²) in [7, 11) is -4.59. The fourth-order valence-electron chi connectivity index (χ4n) is 6.00. The van der Waals surface area contributed by atoms with Gasteiger partial charge in [-0.15, -0.1) is 0 Å². The van der Waals surface area contributed by atoms with Gasteiger partial charge in [-0.3, -0.25) is 4.79 Å². The maximum atomic E-state index is 16.5. The van der Waals surface area contributed by atoms with E-state index in [1.807, 2.05) is 6.07 Å². The number of nitrogens with two attached hydrogens (primary N) is 1. The highest BCUT2D eigenvalue weighted by Gasteiger charge is 2.50. The zero-order valence-corrected chi connectivity index (χ0v) is 26.1. The molecular weight excluding hydrogens is 612 g/mol. The first-order chi connectivity index (χ1) is 22.1. The summed E-state index contributed by atoms with van der Waals surface area (Å²) < 4.78 is 74.3. The van der Waals surface area contributed by atoms with E-state index < -0.39 is 33.5 Å². The molecule has 0 bridgehead atoms. The van der Waals surface area contributed by atoms with Crippen molar-refractivity contribution in [3.8, 4) is 17.2 Å². The predicted molar refractivity (Wildman–Crippen MR) is 172 cm³/mol. The van der Waals surface area contributed by atoms with Crippen molar-refractivity contribution in [3.05, 3.63) is 96.6 Å². The van der Waals surface area contributed by atoms with E-state index in [0.717, 1.165) is 43.2 Å². The Balaban J connectivity index is 1.29. The van der Waals surface area contributed by atoms with Crippen molar-refractivity contribution < 1.29 is 31.5 Å². The first-order valence-corrected chi connectivity index (χ1v) is 17.1. The normalized spacial score (nSPS) is 17.2. The monoisotopic (exact) mass is 649 g/mol. The van der Waals surface area contributed by atoms with Gasteiger partial charge in [0.1, 0.15) is 17.2 Å². The van der Waals surface area contributed by atoms with Crippen LogP contribution in [0.4, 0.5) is 8.78 Å². The number of benzene rings is 4. The van der Waals surface area contributed by atoms with Crippen LogP contribution in [0.3, 0.4) is 0 Å². The number of carbonyl (C=O) groups excluding carboxylic acids is 1. The molecule has 4 aromatic carbocycles. The van der Waals surface area contributed by atoms with E-state index in [9.17, 15) is 13.2 Å². The van der Waals surface area contributed by atoms with Crippen molar-refractivity contribution >= 4 is 26.7 Å². The van der Waals surface area contributed by atoms with Gasteiger partial charge in [0.05, 0.1) is 11.0 Å². The minimum Gasteiger partial charge on any atom is -0.490 e. The summed E-state index contributed by atoms with van der Waals surface area (Å²) in [5, 5.41) is 1.33. The second-order valence-corrected chi connectivity index (χ2v) is 13.7. The van der Waals surface area contributed by atoms with Gasteiger partial charge in [0.15, 0.2) is 6.04 Å². The molecule has 2 aliphatic rings. The lowest BCUT2D eigenvalue weighted by molar-refractivity contribution is -0.145. The van der Waals surface area contributed by atoms with Crippen molar-refractivity contribution in [2.24, 2.45) is 5.73 Å². The molecule has 1 heterocycles. The number of nitrogens with one attached hydrogen (secondary N) is 1. The van der Waals surface area contributed by atoms with E-state index in [2.05, 4.69) is 4.72 Å². The van der Waals surface area contributed by atoms with Crippen LogP contribution >= 0.6 is 0 Å². The number of halogens is 2. The van der Waals surface area contributed by atoms with Crippen LogP contribution < -0.4 is 19.9 Å². The largest absolute Gasteiger partial charge is 0.490 e. The molecule has 1 saturated carbocycles. The van der Waals surface area contributed by atoms with E-state index in [-0.39, 0.29) is 35.9 Å². The topological polar surface area (TPSA) is 111 Å². The van der Waals surface area contributed by atoms with E-state index in [1.54, 1.807) is 48.5 Å². The van der Waals surface area contributed by atoms with Crippen LogP contribution in [-0.2, 0) is 20.7 Å². The van der Waals surface area contributed by atoms with Gasteiger partial charge in [0.25, 0.3) is 5.92 Å². The molecule has 3 N–H and O–H groups in total. The molecule has 11 heteroatoms. The number of likely N-dealkylation sites (tertiary alicyclic amines) is 1. The molecular formula is C35H37F2N3O5S. The van der Waals surface area contributed by atoms with Crippen LogP contribution in [0.2, 0.25) is 0 Å². The van der Waals surface area contributed by atoms with Crippen LogP contribution in [0, 0.1) is 0 Å². The number of para-hydroxylation sites is 1. The molecule has 1 atom stereocenters. The third-order valence-electron chi connectivity index (χ3n) is 8.63. The predicted octanol–water partition coefficient (Wildman–Crippen LogP) is 6.34. The molecule has 1 aliphatic carbocycles. The third-order valence-corrected chi connectivity index (χ3v) is 10.1. The summed E-state index contributed by atoms with van der Waals surface area (Å²) in [5.74, 6) is -3.72. The molecule has 6 rings (SSSR count). The smallest absolute Gasteiger partial charge is 0.298 e. The second-order valence-electron chi connectivity index (χ2n) is 12.0. The average Bonchev–Trinajstić information content (AvgIpc) is 3.57. The highest BCUT2D eigenvalue weighted by Crippen LogP contribution is 2.37. The molecule has 2 fully saturated rings. The number of hydrogen-bond donors (Lipinski definition) is 2. The quantitative estimate of drug-likeness (QED) is 0.207. The zero-order valence-electron chi connectivity index (χ0n) is 25.3. The summed E-state index contributed by atoms with van der Waals surface area (Å²) >= 11 is 0. The minimum absolute atomic E-state index is 0.118. The van der Waals surface area contributed by atoms with Crippen molar-refractivity contribution in [3.63, 3.8) is 0 Å². The summed E-state index contributed by atoms with van der Waals surface area (Å²) in [6.07, 6.45) is 5.28. The van der Waals surface area contributed by atoms with Crippen LogP contribution in [0.5, 0.6) is 17.2 Å². The van der Waals surface area contributed by atoms with Gasteiger partial charge in [-0.05, 0) is 97.8 Å². The molecule has 8 nitrogen and oxygen atoms in total. The number of carbonyl (C=O) groups is 1. The van der Waals surface area contributed by atoms with Gasteiger partial charge < -0.3 is 20.1 Å². The number of rotatable bonds is 10. The zero-order chi connectivity index (χ0) is 32.3. The molecule has 1 aliphatic heterocycles. The number of ether oxygens (including phenoxy) is 2. The Labute approximate surface area is 267 Å². The second kappa shape index (κ2) is 13.4. The fraction of sp³-hybridized carbons (Fsp3) is 0.343. The lowest BCUT2D eigenvalue weighted by Gasteiger charge is -2.35. The van der Waals surface area contributed by atoms with Crippen molar-refractivity contribution in [2.45, 2.75) is 67.5 Å². The third kappa shape index (κ3) is 7.16. The lowest BCUT2D eigenvalue weighted by Crippen LogP contribution is -2.57. The molecule has 0 aromatic heterocycles. The first-order valence-electron chi connectivity index (χ1n) is 15.6. The maximum Gasteiger partial charge on any atom is 0.298 e. The van der Waals surface area contributed by atoms with Gasteiger partial charge in [0, 0.05) is 24.7 Å². The Hall–Kier alpha value is -4.06. The minimum atomic E-state index is -4.59. The molecule has 0 spiro atoms. The molecule has 0 radical (unpaired) electrons. The summed E-state index contributed by atoms with van der Waals surface area (Å²) in [6, 6.07) is 21.0. The fourth-order valence-corrected chi connectivity index (χ4v) is 7.23. The van der Waals surface area contributed by atoms with Crippen molar-refractivity contribution in [1.29, 1.82) is 0 Å². The molecule has 1 saturated heterocycles. The first kappa shape index (κ1) is 31.9. The number of sulfonamides is 1. The number of nitrogens with zero attached hydrogens (tertiary/aromatic N) is 1. The highest BCUT2D eigenvalue weighted by molar-refractivity contribution is 7.89. The number of hydrogen-bond acceptors (Lipinski definition) is 6. The van der Waals surface area contributed by atoms with E-state index in [0.29, 0.717) is 29.7 Å². The Kier molecular flexibility index (Phi) is 9.26. The molecule has 1 unspecified atom stereocenters. The van der Waals surface area contributed by atoms with Crippen molar-refractivity contribution in [2.75, 3.05) is 13.1 Å². The molecule has 242 valence electrons. The van der Waals surface area contributed by atoms with Crippen LogP contribution in [0.1, 0.15) is 44.1 Å². The van der Waals surface area contributed by atoms with Gasteiger partial charge >= 0.3 is 0 Å². The van der Waals surface area contributed by atoms with E-state index in [4.69, 9.17) is 15.2 Å². The van der Waals surface area contributed by atoms with Gasteiger partial charge in [-0.25, -0.2) is 8.42 Å². The van der Waals surface area contributed by atoms with Crippen LogP contribution in [0.15, 0.2) is 95.9 Å². The Morgan fingerprint density at radius 1 is 0.826 bits per heavy atom. The van der Waals surface area contributed by atoms with Gasteiger partial charge in [-0.2, -0.15) is 13.5 Å². The number of piperidine rings is 1. The van der Waals surface area contributed by atoms with Crippen molar-refractivity contribution in [1.82, 2.24) is 9.62 Å². The SMILES string of the molecule is NC1CCN(C(=O)C(NS(=O)(=O)c2ccc3cc(OC4CCCC4)ccc3c2)C(F)(F)c2cccc(Oc3ccccc3)c2)CC1. The van der Waals surface area contributed by atoms with Crippen LogP contribution in [0.25, 0.3) is 10.8 Å². The number of fused-ring (bicyclic) bond motifs is 1. The molecule has 4 aromatic rings. The summed E-state index contributed by atoms with van der Waals surface area (Å²) in [5.41, 5.74) is 5.42. The average molecular weight is 650 g/mol. The van der Waals surface area contributed by atoms with E-state index >= 15 is 8.78 Å². The maximum absolute atomic E-state index is 16.5. The molecule has 1 amide bonds. The number of amides is 1. The van der Waals surface area contributed by atoms with Gasteiger partial charge in [-0.1, -0.05) is 42.5 Å². The Morgan fingerprint density at radius 2 is 1.50 bits per heavy atom. The Bertz CT molecular complexity index is 1790. The summed E-state index contributed by atoms with van der Waals surface area (Å²) in [6.45, 7) is 0.291. The number of alkyl halides is 2. The molecule has 46 heavy (non-hydrogen) atoms. The van der Waals surface area contributed by atoms with Gasteiger partial charge in [0.2, 0.25) is 15.9 Å².